The van der Waals surface area contributed by atoms with Crippen molar-refractivity contribution < 1.29 is 0 Å². The first-order valence-electron chi connectivity index (χ1n) is 9.29. The van der Waals surface area contributed by atoms with Gasteiger partial charge in [0, 0.05) is 0 Å². The van der Waals surface area contributed by atoms with Crippen LogP contribution >= 0.6 is 7.92 Å². The van der Waals surface area contributed by atoms with Gasteiger partial charge in [0.25, 0.3) is 0 Å². The first-order valence-corrected chi connectivity index (χ1v) is 11.1. The topological polar surface area (TPSA) is 0 Å². The first-order chi connectivity index (χ1) is 11.8. The van der Waals surface area contributed by atoms with E-state index in [0.29, 0.717) is 0 Å². The Morgan fingerprint density at radius 1 is 0.958 bits per heavy atom. The van der Waals surface area contributed by atoms with E-state index in [4.69, 9.17) is 0 Å². The Balaban J connectivity index is 2.00. The average Bonchev–Trinajstić information content (AvgIpc) is 2.92. The molecule has 0 nitrogen and oxygen atoms in total. The summed E-state index contributed by atoms with van der Waals surface area (Å²) in [4.78, 5) is 0. The molecule has 1 fully saturated rings. The molecule has 0 heterocycles. The van der Waals surface area contributed by atoms with Crippen molar-refractivity contribution in [1.82, 2.24) is 0 Å². The fraction of sp³-hybridized carbons (Fsp3) is 0.391. The molecule has 1 aromatic rings. The summed E-state index contributed by atoms with van der Waals surface area (Å²) >= 11 is 0. The number of benzene rings is 1. The minimum Gasteiger partial charge on any atom is -0.0801 e. The lowest BCUT2D eigenvalue weighted by Crippen LogP contribution is -2.11. The van der Waals surface area contributed by atoms with Gasteiger partial charge in [-0.15, -0.1) is 0 Å². The van der Waals surface area contributed by atoms with Crippen molar-refractivity contribution in [1.29, 1.82) is 0 Å². The van der Waals surface area contributed by atoms with E-state index in [-0.39, 0.29) is 7.92 Å². The van der Waals surface area contributed by atoms with Crippen molar-refractivity contribution in [3.63, 3.8) is 0 Å². The molecule has 3 rings (SSSR count). The average molecular weight is 336 g/mol. The second kappa shape index (κ2) is 8.63. The predicted octanol–water partition coefficient (Wildman–Crippen LogP) is 7.30. The van der Waals surface area contributed by atoms with Crippen molar-refractivity contribution in [2.45, 2.75) is 51.1 Å². The van der Waals surface area contributed by atoms with Crippen LogP contribution in [0.1, 0.15) is 51.0 Å². The van der Waals surface area contributed by atoms with Crippen molar-refractivity contribution >= 4 is 13.5 Å². The largest absolute Gasteiger partial charge is 0.0801 e. The van der Waals surface area contributed by atoms with E-state index in [1.165, 1.54) is 48.8 Å². The van der Waals surface area contributed by atoms with Crippen molar-refractivity contribution in [2.75, 3.05) is 6.66 Å². The standard InChI is InChI=1S/C23H29P/c1-19(24(2)22-17-11-6-12-18-22)23(21-15-9-5-10-16-21)20-13-7-3-4-8-14-20/h3-5,7-10,13,15-16,22H,6,11-12,14,17-18H2,1-2H3. The van der Waals surface area contributed by atoms with E-state index in [1.807, 2.05) is 0 Å². The molecule has 126 valence electrons. The maximum atomic E-state index is 2.52. The molecule has 1 aromatic carbocycles. The molecule has 2 aliphatic carbocycles. The number of hydrogen-bond donors (Lipinski definition) is 0. The Bertz CT molecular complexity index is 655. The quantitative estimate of drug-likeness (QED) is 0.506. The van der Waals surface area contributed by atoms with Gasteiger partial charge in [0.2, 0.25) is 0 Å². The van der Waals surface area contributed by atoms with E-state index in [1.54, 1.807) is 5.31 Å². The third kappa shape index (κ3) is 4.17. The second-order valence-electron chi connectivity index (χ2n) is 6.94. The van der Waals surface area contributed by atoms with Gasteiger partial charge in [-0.1, -0.05) is 87.9 Å². The molecule has 0 saturated heterocycles. The SMILES string of the molecule is CC(=C(C1=CC=CC=CC1)c1ccccc1)P(C)C1CCCCC1. The van der Waals surface area contributed by atoms with Crippen LogP contribution in [0.2, 0.25) is 0 Å². The van der Waals surface area contributed by atoms with E-state index >= 15 is 0 Å². The molecule has 24 heavy (non-hydrogen) atoms. The molecule has 2 aliphatic rings. The van der Waals surface area contributed by atoms with E-state index in [9.17, 15) is 0 Å². The zero-order valence-electron chi connectivity index (χ0n) is 15.0. The third-order valence-electron chi connectivity index (χ3n) is 5.39. The van der Waals surface area contributed by atoms with Gasteiger partial charge in [-0.25, -0.2) is 0 Å². The van der Waals surface area contributed by atoms with Crippen molar-refractivity contribution in [3.8, 4) is 0 Å². The highest BCUT2D eigenvalue weighted by Crippen LogP contribution is 2.54. The summed E-state index contributed by atoms with van der Waals surface area (Å²) in [6.45, 7) is 4.92. The first kappa shape index (κ1) is 17.4. The number of allylic oxidation sites excluding steroid dienone is 8. The van der Waals surface area contributed by atoms with Crippen molar-refractivity contribution in [2.24, 2.45) is 0 Å². The van der Waals surface area contributed by atoms with Gasteiger partial charge < -0.3 is 0 Å². The smallest absolute Gasteiger partial charge is 0.00881 e. The van der Waals surface area contributed by atoms with Crippen LogP contribution in [0, 0.1) is 0 Å². The van der Waals surface area contributed by atoms with Crippen LogP contribution in [0.5, 0.6) is 0 Å². The summed E-state index contributed by atoms with van der Waals surface area (Å²) in [5.41, 5.74) is 5.28. The highest BCUT2D eigenvalue weighted by Gasteiger charge is 2.23. The minimum absolute atomic E-state index is 0.0658. The Kier molecular flexibility index (Phi) is 6.27. The second-order valence-corrected chi connectivity index (χ2v) is 9.56. The van der Waals surface area contributed by atoms with Crippen LogP contribution in [0.3, 0.4) is 0 Å². The van der Waals surface area contributed by atoms with E-state index < -0.39 is 0 Å². The van der Waals surface area contributed by atoms with Crippen LogP contribution in [-0.4, -0.2) is 12.3 Å². The van der Waals surface area contributed by atoms with Gasteiger partial charge in [0.05, 0.1) is 0 Å². The fourth-order valence-corrected chi connectivity index (χ4v) is 6.23. The summed E-state index contributed by atoms with van der Waals surface area (Å²) in [6, 6.07) is 11.0. The van der Waals surface area contributed by atoms with Crippen LogP contribution in [0.4, 0.5) is 0 Å². The zero-order chi connectivity index (χ0) is 16.8. The number of hydrogen-bond acceptors (Lipinski definition) is 0. The maximum absolute atomic E-state index is 2.52. The molecule has 1 saturated carbocycles. The Morgan fingerprint density at radius 3 is 2.46 bits per heavy atom. The van der Waals surface area contributed by atoms with Gasteiger partial charge in [0.15, 0.2) is 0 Å². The number of rotatable bonds is 4. The molecule has 1 unspecified atom stereocenters. The molecule has 0 bridgehead atoms. The van der Waals surface area contributed by atoms with Gasteiger partial charge in [0.1, 0.15) is 0 Å². The highest BCUT2D eigenvalue weighted by atomic mass is 31.1. The normalized spacial score (nSPS) is 21.0. The monoisotopic (exact) mass is 336 g/mol. The lowest BCUT2D eigenvalue weighted by molar-refractivity contribution is 0.512. The fourth-order valence-electron chi connectivity index (χ4n) is 3.91. The molecule has 0 radical (unpaired) electrons. The molecule has 0 aliphatic heterocycles. The van der Waals surface area contributed by atoms with Crippen LogP contribution < -0.4 is 0 Å². The lowest BCUT2D eigenvalue weighted by atomic mass is 9.95. The molecule has 0 aromatic heterocycles. The Morgan fingerprint density at radius 2 is 1.71 bits per heavy atom. The maximum Gasteiger partial charge on any atom is -0.00881 e. The molecule has 1 heteroatoms. The highest BCUT2D eigenvalue weighted by molar-refractivity contribution is 7.62. The predicted molar refractivity (Wildman–Crippen MR) is 110 cm³/mol. The minimum atomic E-state index is -0.0658. The summed E-state index contributed by atoms with van der Waals surface area (Å²) < 4.78 is 0. The Hall–Kier alpha value is -1.39. The van der Waals surface area contributed by atoms with Gasteiger partial charge in [-0.3, -0.25) is 0 Å². The van der Waals surface area contributed by atoms with Crippen LogP contribution in [0.25, 0.3) is 5.57 Å². The third-order valence-corrected chi connectivity index (χ3v) is 8.28. The van der Waals surface area contributed by atoms with Crippen molar-refractivity contribution in [3.05, 3.63) is 77.2 Å². The summed E-state index contributed by atoms with van der Waals surface area (Å²) in [5, 5.41) is 1.64. The van der Waals surface area contributed by atoms with Gasteiger partial charge >= 0.3 is 0 Å². The molecule has 0 amide bonds. The zero-order valence-corrected chi connectivity index (χ0v) is 15.9. The molecular weight excluding hydrogens is 307 g/mol. The van der Waals surface area contributed by atoms with Crippen LogP contribution in [0.15, 0.2) is 71.6 Å². The molecule has 1 atom stereocenters. The summed E-state index contributed by atoms with van der Waals surface area (Å²) in [5.74, 6) is 0. The lowest BCUT2D eigenvalue weighted by Gasteiger charge is -2.31. The Labute approximate surface area is 148 Å². The molecule has 0 N–H and O–H groups in total. The molecule has 0 spiro atoms. The van der Waals surface area contributed by atoms with E-state index in [2.05, 4.69) is 74.3 Å². The van der Waals surface area contributed by atoms with Gasteiger partial charge in [-0.05, 0) is 60.5 Å². The van der Waals surface area contributed by atoms with Crippen LogP contribution in [-0.2, 0) is 0 Å². The summed E-state index contributed by atoms with van der Waals surface area (Å²) in [6.07, 6.45) is 19.3. The molecular formula is C23H29P. The van der Waals surface area contributed by atoms with E-state index in [0.717, 1.165) is 12.1 Å². The van der Waals surface area contributed by atoms with Gasteiger partial charge in [-0.2, -0.15) is 0 Å². The summed E-state index contributed by atoms with van der Waals surface area (Å²) in [7, 11) is -0.0658.